The third-order valence-electron chi connectivity index (χ3n) is 5.17. The number of non-ortho nitro benzene ring substituents is 1. The number of hydrogen-bond donors (Lipinski definition) is 0. The average Bonchev–Trinajstić information content (AvgIpc) is 3.06. The Labute approximate surface area is 189 Å². The zero-order valence-electron chi connectivity index (χ0n) is 17.1. The molecular weight excluding hydrogens is 430 g/mol. The van der Waals surface area contributed by atoms with Crippen molar-refractivity contribution in [1.29, 1.82) is 0 Å². The lowest BCUT2D eigenvalue weighted by atomic mass is 10.0. The van der Waals surface area contributed by atoms with E-state index in [0.717, 1.165) is 10.6 Å². The number of anilines is 2. The van der Waals surface area contributed by atoms with Gasteiger partial charge in [0.15, 0.2) is 0 Å². The summed E-state index contributed by atoms with van der Waals surface area (Å²) in [6.45, 7) is 2.32. The Morgan fingerprint density at radius 3 is 2.09 bits per heavy atom. The zero-order chi connectivity index (χ0) is 22.8. The van der Waals surface area contributed by atoms with E-state index < -0.39 is 16.7 Å². The van der Waals surface area contributed by atoms with Crippen LogP contribution in [-0.4, -0.2) is 23.3 Å². The molecule has 8 heteroatoms. The van der Waals surface area contributed by atoms with Gasteiger partial charge in [-0.15, -0.1) is 0 Å². The Morgan fingerprint density at radius 2 is 1.53 bits per heavy atom. The van der Waals surface area contributed by atoms with Crippen LogP contribution in [0.15, 0.2) is 84.6 Å². The minimum Gasteiger partial charge on any atom is -0.337 e. The maximum atomic E-state index is 13.6. The van der Waals surface area contributed by atoms with Gasteiger partial charge in [-0.05, 0) is 61.0 Å². The van der Waals surface area contributed by atoms with Crippen molar-refractivity contribution in [3.63, 3.8) is 0 Å². The molecule has 0 radical (unpaired) electrons. The minimum atomic E-state index is -0.511. The fourth-order valence-electron chi connectivity index (χ4n) is 3.68. The molecule has 1 aliphatic heterocycles. The fraction of sp³-hybridized carbons (Fsp3) is 0.0833. The SMILES string of the molecule is CCN(C1=C(c2ccc([N+](=O)[O-])cc2)C(=O)N(c2ccc(Cl)cc2)C1=O)c1ccccc1. The number of para-hydroxylation sites is 1. The Bertz CT molecular complexity index is 1220. The van der Waals surface area contributed by atoms with Gasteiger partial charge in [0.1, 0.15) is 5.70 Å². The molecule has 7 nitrogen and oxygen atoms in total. The number of nitro groups is 1. The van der Waals surface area contributed by atoms with Crippen LogP contribution in [0, 0.1) is 10.1 Å². The first-order valence-electron chi connectivity index (χ1n) is 9.88. The molecule has 0 saturated carbocycles. The van der Waals surface area contributed by atoms with Crippen molar-refractivity contribution < 1.29 is 14.5 Å². The molecule has 0 fully saturated rings. The van der Waals surface area contributed by atoms with Gasteiger partial charge in [0.05, 0.1) is 16.2 Å². The molecule has 0 aromatic heterocycles. The van der Waals surface area contributed by atoms with Crippen molar-refractivity contribution in [2.75, 3.05) is 16.3 Å². The number of imide groups is 1. The second-order valence-electron chi connectivity index (χ2n) is 7.03. The molecule has 3 aromatic carbocycles. The van der Waals surface area contributed by atoms with Crippen LogP contribution in [0.3, 0.4) is 0 Å². The summed E-state index contributed by atoms with van der Waals surface area (Å²) >= 11 is 5.98. The summed E-state index contributed by atoms with van der Waals surface area (Å²) in [5.41, 5.74) is 1.87. The molecule has 0 atom stereocenters. The molecule has 0 spiro atoms. The van der Waals surface area contributed by atoms with Crippen LogP contribution in [0.4, 0.5) is 17.1 Å². The number of likely N-dealkylation sites (N-methyl/N-ethyl adjacent to an activating group) is 1. The van der Waals surface area contributed by atoms with Gasteiger partial charge >= 0.3 is 0 Å². The molecule has 32 heavy (non-hydrogen) atoms. The summed E-state index contributed by atoms with van der Waals surface area (Å²) < 4.78 is 0. The molecule has 4 rings (SSSR count). The molecule has 0 bridgehead atoms. The molecule has 3 aromatic rings. The highest BCUT2D eigenvalue weighted by Crippen LogP contribution is 2.37. The predicted molar refractivity (Wildman–Crippen MR) is 123 cm³/mol. The molecule has 1 aliphatic rings. The van der Waals surface area contributed by atoms with Crippen molar-refractivity contribution in [3.05, 3.63) is 105 Å². The molecule has 0 aliphatic carbocycles. The summed E-state index contributed by atoms with van der Waals surface area (Å²) in [6.07, 6.45) is 0. The zero-order valence-corrected chi connectivity index (χ0v) is 17.8. The summed E-state index contributed by atoms with van der Waals surface area (Å²) in [5.74, 6) is -0.980. The van der Waals surface area contributed by atoms with Crippen molar-refractivity contribution in [1.82, 2.24) is 0 Å². The summed E-state index contributed by atoms with van der Waals surface area (Å²) in [6, 6.07) is 21.3. The van der Waals surface area contributed by atoms with Gasteiger partial charge in [-0.3, -0.25) is 19.7 Å². The number of carbonyl (C=O) groups is 2. The Balaban J connectivity index is 1.89. The fourth-order valence-corrected chi connectivity index (χ4v) is 3.81. The monoisotopic (exact) mass is 447 g/mol. The first-order chi connectivity index (χ1) is 15.4. The third-order valence-corrected chi connectivity index (χ3v) is 5.42. The van der Waals surface area contributed by atoms with Gasteiger partial charge in [-0.1, -0.05) is 29.8 Å². The largest absolute Gasteiger partial charge is 0.337 e. The number of amides is 2. The highest BCUT2D eigenvalue weighted by molar-refractivity contribution is 6.46. The van der Waals surface area contributed by atoms with Crippen LogP contribution in [0.25, 0.3) is 5.57 Å². The van der Waals surface area contributed by atoms with Crippen LogP contribution in [0.2, 0.25) is 5.02 Å². The molecular formula is C24H18ClN3O4. The van der Waals surface area contributed by atoms with E-state index >= 15 is 0 Å². The molecule has 1 heterocycles. The highest BCUT2D eigenvalue weighted by atomic mass is 35.5. The molecule has 0 unspecified atom stereocenters. The van der Waals surface area contributed by atoms with E-state index in [2.05, 4.69) is 0 Å². The van der Waals surface area contributed by atoms with Crippen LogP contribution in [-0.2, 0) is 9.59 Å². The van der Waals surface area contributed by atoms with Crippen molar-refractivity contribution in [3.8, 4) is 0 Å². The lowest BCUT2D eigenvalue weighted by Crippen LogP contribution is -2.35. The molecule has 0 N–H and O–H groups in total. The minimum absolute atomic E-state index is 0.0994. The number of halogens is 1. The van der Waals surface area contributed by atoms with E-state index in [0.29, 0.717) is 22.8 Å². The number of nitrogens with zero attached hydrogens (tertiary/aromatic N) is 3. The van der Waals surface area contributed by atoms with Gasteiger partial charge in [0.25, 0.3) is 17.5 Å². The van der Waals surface area contributed by atoms with Gasteiger partial charge in [-0.25, -0.2) is 4.90 Å². The van der Waals surface area contributed by atoms with Gasteiger partial charge < -0.3 is 4.90 Å². The van der Waals surface area contributed by atoms with Crippen molar-refractivity contribution in [2.45, 2.75) is 6.92 Å². The van der Waals surface area contributed by atoms with E-state index in [9.17, 15) is 19.7 Å². The second-order valence-corrected chi connectivity index (χ2v) is 7.47. The quantitative estimate of drug-likeness (QED) is 0.299. The van der Waals surface area contributed by atoms with Crippen LogP contribution < -0.4 is 9.80 Å². The Kier molecular flexibility index (Phi) is 5.75. The topological polar surface area (TPSA) is 83.8 Å². The highest BCUT2D eigenvalue weighted by Gasteiger charge is 2.42. The Morgan fingerprint density at radius 1 is 0.906 bits per heavy atom. The number of hydrogen-bond acceptors (Lipinski definition) is 5. The standard InChI is InChI=1S/C24H18ClN3O4/c1-2-26(18-6-4-3-5-7-18)22-21(16-8-12-20(13-9-16)28(31)32)23(29)27(24(22)30)19-14-10-17(25)11-15-19/h3-15H,2H2,1H3. The maximum absolute atomic E-state index is 13.6. The Hall–Kier alpha value is -3.97. The number of benzene rings is 3. The average molecular weight is 448 g/mol. The third kappa shape index (κ3) is 3.74. The smallest absolute Gasteiger partial charge is 0.282 e. The van der Waals surface area contributed by atoms with Gasteiger partial charge in [0, 0.05) is 29.4 Å². The number of nitro benzene ring substituents is 1. The second kappa shape index (κ2) is 8.64. The maximum Gasteiger partial charge on any atom is 0.282 e. The molecule has 160 valence electrons. The van der Waals surface area contributed by atoms with Crippen LogP contribution in [0.1, 0.15) is 12.5 Å². The van der Waals surface area contributed by atoms with Crippen molar-refractivity contribution in [2.24, 2.45) is 0 Å². The lowest BCUT2D eigenvalue weighted by Gasteiger charge is -2.25. The van der Waals surface area contributed by atoms with Crippen molar-refractivity contribution >= 4 is 46.1 Å². The summed E-state index contributed by atoms with van der Waals surface area (Å²) in [4.78, 5) is 40.6. The lowest BCUT2D eigenvalue weighted by molar-refractivity contribution is -0.384. The first-order valence-corrected chi connectivity index (χ1v) is 10.3. The van der Waals surface area contributed by atoms with Crippen LogP contribution >= 0.6 is 11.6 Å². The molecule has 0 saturated heterocycles. The molecule has 2 amide bonds. The van der Waals surface area contributed by atoms with Gasteiger partial charge in [0.2, 0.25) is 0 Å². The summed E-state index contributed by atoms with van der Waals surface area (Å²) in [5, 5.41) is 11.5. The van der Waals surface area contributed by atoms with E-state index in [1.165, 1.54) is 24.3 Å². The van der Waals surface area contributed by atoms with E-state index in [4.69, 9.17) is 11.6 Å². The van der Waals surface area contributed by atoms with E-state index in [1.54, 1.807) is 29.2 Å². The number of carbonyl (C=O) groups excluding carboxylic acids is 2. The normalized spacial score (nSPS) is 13.6. The van der Waals surface area contributed by atoms with Gasteiger partial charge in [-0.2, -0.15) is 0 Å². The van der Waals surface area contributed by atoms with Crippen LogP contribution in [0.5, 0.6) is 0 Å². The van der Waals surface area contributed by atoms with E-state index in [1.807, 2.05) is 37.3 Å². The number of rotatable bonds is 6. The van der Waals surface area contributed by atoms with E-state index in [-0.39, 0.29) is 17.0 Å². The summed E-state index contributed by atoms with van der Waals surface area (Å²) in [7, 11) is 0. The predicted octanol–water partition coefficient (Wildman–Crippen LogP) is 5.06. The first kappa shape index (κ1) is 21.3.